The molecule has 3 rings (SSSR count). The third kappa shape index (κ3) is 3.50. The summed E-state index contributed by atoms with van der Waals surface area (Å²) in [5, 5.41) is 14.6. The minimum atomic E-state index is -0.672. The summed E-state index contributed by atoms with van der Waals surface area (Å²) >= 11 is 0. The highest BCUT2D eigenvalue weighted by Crippen LogP contribution is 2.18. The number of carbonyl (C=O) groups excluding carboxylic acids is 2. The third-order valence-electron chi connectivity index (χ3n) is 4.07. The second kappa shape index (κ2) is 7.28. The number of aromatic nitrogens is 2. The van der Waals surface area contributed by atoms with Crippen molar-refractivity contribution in [3.8, 4) is 5.75 Å². The van der Waals surface area contributed by atoms with E-state index in [0.717, 1.165) is 5.56 Å². The largest absolute Gasteiger partial charge is 0.507 e. The molecule has 2 amide bonds. The fraction of sp³-hybridized carbons (Fsp3) is 0.158. The van der Waals surface area contributed by atoms with E-state index in [1.165, 1.54) is 16.8 Å². The van der Waals surface area contributed by atoms with Crippen molar-refractivity contribution in [2.75, 3.05) is 0 Å². The van der Waals surface area contributed by atoms with E-state index in [1.807, 2.05) is 0 Å². The summed E-state index contributed by atoms with van der Waals surface area (Å²) in [5.74, 6) is -1.54. The van der Waals surface area contributed by atoms with Crippen molar-refractivity contribution in [2.24, 2.45) is 0 Å². The third-order valence-corrected chi connectivity index (χ3v) is 4.07. The number of nitrogens with one attached hydrogen (secondary N) is 2. The van der Waals surface area contributed by atoms with Crippen LogP contribution in [0.1, 0.15) is 33.3 Å². The van der Waals surface area contributed by atoms with Gasteiger partial charge in [-0.05, 0) is 32.0 Å². The first-order valence-electron chi connectivity index (χ1n) is 8.32. The van der Waals surface area contributed by atoms with Gasteiger partial charge in [-0.25, -0.2) is 4.68 Å². The molecule has 0 aliphatic carbocycles. The second-order valence-corrected chi connectivity index (χ2v) is 5.94. The summed E-state index contributed by atoms with van der Waals surface area (Å²) in [7, 11) is 0. The number of hydrogen-bond donors (Lipinski definition) is 3. The number of rotatable bonds is 3. The highest BCUT2D eigenvalue weighted by atomic mass is 16.3. The molecule has 138 valence electrons. The molecule has 0 saturated heterocycles. The van der Waals surface area contributed by atoms with Gasteiger partial charge in [0.15, 0.2) is 5.69 Å². The fourth-order valence-corrected chi connectivity index (χ4v) is 2.69. The molecule has 0 aliphatic heterocycles. The van der Waals surface area contributed by atoms with Crippen LogP contribution in [-0.2, 0) is 6.54 Å². The average molecular weight is 366 g/mol. The Hall–Kier alpha value is -3.68. The van der Waals surface area contributed by atoms with E-state index in [0.29, 0.717) is 17.3 Å². The SMILES string of the molecule is CCn1nc(C(=O)NNC(=O)c2cc(C)ccc2O)c2ccccc2c1=O. The molecule has 2 aromatic carbocycles. The molecule has 0 atom stereocenters. The van der Waals surface area contributed by atoms with Gasteiger partial charge in [0, 0.05) is 11.9 Å². The molecule has 8 heteroatoms. The van der Waals surface area contributed by atoms with Gasteiger partial charge >= 0.3 is 0 Å². The number of benzene rings is 2. The van der Waals surface area contributed by atoms with Gasteiger partial charge in [0.25, 0.3) is 17.4 Å². The normalized spacial score (nSPS) is 10.6. The first-order chi connectivity index (χ1) is 12.9. The van der Waals surface area contributed by atoms with E-state index < -0.39 is 11.8 Å². The zero-order valence-electron chi connectivity index (χ0n) is 14.8. The predicted molar refractivity (Wildman–Crippen MR) is 99.5 cm³/mol. The van der Waals surface area contributed by atoms with Crippen LogP contribution in [0.25, 0.3) is 10.8 Å². The van der Waals surface area contributed by atoms with Gasteiger partial charge in [0.1, 0.15) is 5.75 Å². The molecule has 0 saturated carbocycles. The maximum Gasteiger partial charge on any atom is 0.290 e. The number of phenolic OH excluding ortho intramolecular Hbond substituents is 1. The number of phenols is 1. The number of amides is 2. The van der Waals surface area contributed by atoms with Crippen LogP contribution in [-0.4, -0.2) is 26.7 Å². The van der Waals surface area contributed by atoms with Gasteiger partial charge < -0.3 is 5.11 Å². The van der Waals surface area contributed by atoms with Crippen LogP contribution in [0, 0.1) is 6.92 Å². The Balaban J connectivity index is 1.89. The second-order valence-electron chi connectivity index (χ2n) is 5.94. The molecular formula is C19H18N4O4. The van der Waals surface area contributed by atoms with Crippen LogP contribution < -0.4 is 16.4 Å². The number of fused-ring (bicyclic) bond motifs is 1. The molecule has 0 spiro atoms. The van der Waals surface area contributed by atoms with E-state index in [4.69, 9.17) is 0 Å². The van der Waals surface area contributed by atoms with Crippen LogP contribution in [0.4, 0.5) is 0 Å². The quantitative estimate of drug-likeness (QED) is 0.608. The molecule has 0 unspecified atom stereocenters. The van der Waals surface area contributed by atoms with Crippen molar-refractivity contribution in [1.29, 1.82) is 0 Å². The Morgan fingerprint density at radius 2 is 1.74 bits per heavy atom. The summed E-state index contributed by atoms with van der Waals surface area (Å²) in [6.07, 6.45) is 0. The van der Waals surface area contributed by atoms with Crippen LogP contribution >= 0.6 is 0 Å². The van der Waals surface area contributed by atoms with Crippen molar-refractivity contribution in [1.82, 2.24) is 20.6 Å². The Kier molecular flexibility index (Phi) is 4.89. The van der Waals surface area contributed by atoms with Crippen LogP contribution in [0.3, 0.4) is 0 Å². The standard InChI is InChI=1S/C19H18N4O4/c1-3-23-19(27)13-7-5-4-6-12(13)16(22-23)18(26)21-20-17(25)14-10-11(2)8-9-15(14)24/h4-10,24H,3H2,1-2H3,(H,20,25)(H,21,26). The molecule has 27 heavy (non-hydrogen) atoms. The van der Waals surface area contributed by atoms with Crippen molar-refractivity contribution in [3.05, 3.63) is 69.6 Å². The van der Waals surface area contributed by atoms with Crippen LogP contribution in [0.5, 0.6) is 5.75 Å². The zero-order valence-corrected chi connectivity index (χ0v) is 14.8. The lowest BCUT2D eigenvalue weighted by Gasteiger charge is -2.11. The summed E-state index contributed by atoms with van der Waals surface area (Å²) in [4.78, 5) is 37.1. The number of nitrogens with zero attached hydrogens (tertiary/aromatic N) is 2. The summed E-state index contributed by atoms with van der Waals surface area (Å²) < 4.78 is 1.19. The van der Waals surface area contributed by atoms with E-state index in [9.17, 15) is 19.5 Å². The van der Waals surface area contributed by atoms with E-state index in [-0.39, 0.29) is 22.6 Å². The minimum Gasteiger partial charge on any atom is -0.507 e. The van der Waals surface area contributed by atoms with E-state index in [2.05, 4.69) is 16.0 Å². The molecule has 0 bridgehead atoms. The van der Waals surface area contributed by atoms with Crippen LogP contribution in [0.15, 0.2) is 47.3 Å². The Bertz CT molecular complexity index is 1100. The summed E-state index contributed by atoms with van der Waals surface area (Å²) in [6.45, 7) is 3.82. The fourth-order valence-electron chi connectivity index (χ4n) is 2.69. The minimum absolute atomic E-state index is 0.0146. The van der Waals surface area contributed by atoms with Gasteiger partial charge in [-0.1, -0.05) is 29.8 Å². The van der Waals surface area contributed by atoms with Crippen molar-refractivity contribution >= 4 is 22.6 Å². The molecule has 8 nitrogen and oxygen atoms in total. The number of hydrogen-bond acceptors (Lipinski definition) is 5. The maximum absolute atomic E-state index is 12.6. The van der Waals surface area contributed by atoms with Gasteiger partial charge in [-0.15, -0.1) is 0 Å². The number of aromatic hydroxyl groups is 1. The molecule has 0 fully saturated rings. The smallest absolute Gasteiger partial charge is 0.290 e. The van der Waals surface area contributed by atoms with Crippen molar-refractivity contribution in [2.45, 2.75) is 20.4 Å². The van der Waals surface area contributed by atoms with Gasteiger partial charge in [-0.3, -0.25) is 25.2 Å². The highest BCUT2D eigenvalue weighted by Gasteiger charge is 2.18. The first-order valence-corrected chi connectivity index (χ1v) is 8.32. The topological polar surface area (TPSA) is 113 Å². The number of hydrazine groups is 1. The van der Waals surface area contributed by atoms with Crippen molar-refractivity contribution in [3.63, 3.8) is 0 Å². The average Bonchev–Trinajstić information content (AvgIpc) is 2.68. The summed E-state index contributed by atoms with van der Waals surface area (Å²) in [6, 6.07) is 11.2. The lowest BCUT2D eigenvalue weighted by atomic mass is 10.1. The van der Waals surface area contributed by atoms with E-state index in [1.54, 1.807) is 44.2 Å². The molecular weight excluding hydrogens is 348 g/mol. The van der Waals surface area contributed by atoms with Gasteiger partial charge in [0.05, 0.1) is 10.9 Å². The molecule has 3 N–H and O–H groups in total. The zero-order chi connectivity index (χ0) is 19.6. The van der Waals surface area contributed by atoms with E-state index >= 15 is 0 Å². The van der Waals surface area contributed by atoms with Gasteiger partial charge in [-0.2, -0.15) is 5.10 Å². The molecule has 1 heterocycles. The lowest BCUT2D eigenvalue weighted by molar-refractivity contribution is 0.0842. The predicted octanol–water partition coefficient (Wildman–Crippen LogP) is 1.51. The lowest BCUT2D eigenvalue weighted by Crippen LogP contribution is -2.42. The highest BCUT2D eigenvalue weighted by molar-refractivity contribution is 6.06. The number of carbonyl (C=O) groups is 2. The molecule has 1 aromatic heterocycles. The van der Waals surface area contributed by atoms with Crippen molar-refractivity contribution < 1.29 is 14.7 Å². The Morgan fingerprint density at radius 3 is 2.44 bits per heavy atom. The Morgan fingerprint density at radius 1 is 1.07 bits per heavy atom. The number of aryl methyl sites for hydroxylation is 2. The first kappa shape index (κ1) is 18.1. The maximum atomic E-state index is 12.6. The Labute approximate surface area is 154 Å². The molecule has 0 aliphatic rings. The van der Waals surface area contributed by atoms with Crippen LogP contribution in [0.2, 0.25) is 0 Å². The monoisotopic (exact) mass is 366 g/mol. The molecule has 0 radical (unpaired) electrons. The summed E-state index contributed by atoms with van der Waals surface area (Å²) in [5.41, 5.74) is 5.08. The molecule has 3 aromatic rings. The van der Waals surface area contributed by atoms with Gasteiger partial charge in [0.2, 0.25) is 0 Å².